The largest absolute Gasteiger partial charge is 0.328 e. The molecular formula is C19H20ClN. The number of halogens is 1. The molecule has 0 aromatic heterocycles. The van der Waals surface area contributed by atoms with Crippen LogP contribution in [0.2, 0.25) is 0 Å². The summed E-state index contributed by atoms with van der Waals surface area (Å²) in [6, 6.07) is 17.9. The third kappa shape index (κ3) is 2.12. The second kappa shape index (κ2) is 5.32. The van der Waals surface area contributed by atoms with Gasteiger partial charge in [-0.05, 0) is 41.5 Å². The van der Waals surface area contributed by atoms with E-state index in [0.29, 0.717) is 6.04 Å². The minimum absolute atomic E-state index is 0. The van der Waals surface area contributed by atoms with Gasteiger partial charge >= 0.3 is 0 Å². The van der Waals surface area contributed by atoms with Gasteiger partial charge in [0.25, 0.3) is 0 Å². The van der Waals surface area contributed by atoms with E-state index in [-0.39, 0.29) is 17.8 Å². The van der Waals surface area contributed by atoms with E-state index in [1.54, 1.807) is 0 Å². The van der Waals surface area contributed by atoms with E-state index in [1.165, 1.54) is 22.3 Å². The third-order valence-electron chi connectivity index (χ3n) is 4.95. The second-order valence-electron chi connectivity index (χ2n) is 6.09. The summed E-state index contributed by atoms with van der Waals surface area (Å²) in [5.74, 6) is 0. The molecule has 1 unspecified atom stereocenters. The molecule has 0 aliphatic heterocycles. The van der Waals surface area contributed by atoms with Crippen molar-refractivity contribution in [2.24, 2.45) is 5.73 Å². The van der Waals surface area contributed by atoms with E-state index in [4.69, 9.17) is 5.73 Å². The molecule has 2 aromatic carbocycles. The SMILES string of the molecule is Cl.NC1CCC2(C1)c1ccccc1C=Cc1ccccc12. The fourth-order valence-electron chi connectivity index (χ4n) is 4.05. The summed E-state index contributed by atoms with van der Waals surface area (Å²) >= 11 is 0. The first-order valence-corrected chi connectivity index (χ1v) is 7.42. The maximum atomic E-state index is 6.29. The summed E-state index contributed by atoms with van der Waals surface area (Å²) in [6.45, 7) is 0. The van der Waals surface area contributed by atoms with Crippen LogP contribution in [0.4, 0.5) is 0 Å². The number of hydrogen-bond acceptors (Lipinski definition) is 1. The van der Waals surface area contributed by atoms with Crippen molar-refractivity contribution in [1.29, 1.82) is 0 Å². The molecule has 21 heavy (non-hydrogen) atoms. The summed E-state index contributed by atoms with van der Waals surface area (Å²) in [6.07, 6.45) is 7.84. The summed E-state index contributed by atoms with van der Waals surface area (Å²) in [4.78, 5) is 0. The fraction of sp³-hybridized carbons (Fsp3) is 0.263. The van der Waals surface area contributed by atoms with E-state index in [9.17, 15) is 0 Å². The first-order chi connectivity index (χ1) is 9.79. The Bertz CT molecular complexity index is 640. The lowest BCUT2D eigenvalue weighted by atomic mass is 9.71. The van der Waals surface area contributed by atoms with Gasteiger partial charge in [0.2, 0.25) is 0 Å². The maximum Gasteiger partial charge on any atom is 0.0230 e. The zero-order chi connectivity index (χ0) is 13.6. The Hall–Kier alpha value is -1.57. The standard InChI is InChI=1S/C19H19N.ClH/c20-16-11-12-19(13-16)17-7-3-1-5-14(17)9-10-15-6-2-4-8-18(15)19;/h1-10,16H,11-13,20H2;1H. The highest BCUT2D eigenvalue weighted by Gasteiger charge is 2.43. The monoisotopic (exact) mass is 297 g/mol. The van der Waals surface area contributed by atoms with E-state index < -0.39 is 0 Å². The van der Waals surface area contributed by atoms with Gasteiger partial charge in [-0.3, -0.25) is 0 Å². The Morgan fingerprint density at radius 3 is 1.86 bits per heavy atom. The molecule has 0 saturated heterocycles. The zero-order valence-electron chi connectivity index (χ0n) is 12.0. The van der Waals surface area contributed by atoms with Crippen molar-refractivity contribution >= 4 is 24.6 Å². The Morgan fingerprint density at radius 2 is 1.38 bits per heavy atom. The summed E-state index contributed by atoms with van der Waals surface area (Å²) < 4.78 is 0. The molecule has 2 heteroatoms. The molecule has 1 saturated carbocycles. The van der Waals surface area contributed by atoms with Crippen LogP contribution >= 0.6 is 12.4 Å². The molecule has 2 aliphatic rings. The lowest BCUT2D eigenvalue weighted by molar-refractivity contribution is 0.523. The molecule has 2 aliphatic carbocycles. The maximum absolute atomic E-state index is 6.29. The van der Waals surface area contributed by atoms with Crippen molar-refractivity contribution < 1.29 is 0 Å². The van der Waals surface area contributed by atoms with Gasteiger partial charge in [0.15, 0.2) is 0 Å². The fourth-order valence-corrected chi connectivity index (χ4v) is 4.05. The predicted molar refractivity (Wildman–Crippen MR) is 91.7 cm³/mol. The van der Waals surface area contributed by atoms with Crippen LogP contribution in [-0.2, 0) is 5.41 Å². The minimum Gasteiger partial charge on any atom is -0.328 e. The van der Waals surface area contributed by atoms with Crippen molar-refractivity contribution in [2.75, 3.05) is 0 Å². The summed E-state index contributed by atoms with van der Waals surface area (Å²) in [5, 5.41) is 0. The highest BCUT2D eigenvalue weighted by Crippen LogP contribution is 2.49. The Morgan fingerprint density at radius 1 is 0.857 bits per heavy atom. The Kier molecular flexibility index (Phi) is 3.64. The van der Waals surface area contributed by atoms with Gasteiger partial charge in [0, 0.05) is 11.5 Å². The minimum atomic E-state index is 0. The van der Waals surface area contributed by atoms with Crippen LogP contribution in [-0.4, -0.2) is 6.04 Å². The van der Waals surface area contributed by atoms with Crippen LogP contribution in [0.5, 0.6) is 0 Å². The zero-order valence-corrected chi connectivity index (χ0v) is 12.8. The molecule has 1 spiro atoms. The quantitative estimate of drug-likeness (QED) is 0.767. The van der Waals surface area contributed by atoms with E-state index in [1.807, 2.05) is 0 Å². The van der Waals surface area contributed by atoms with Crippen LogP contribution in [0.3, 0.4) is 0 Å². The smallest absolute Gasteiger partial charge is 0.0230 e. The lowest BCUT2D eigenvalue weighted by Crippen LogP contribution is -2.28. The number of nitrogens with two attached hydrogens (primary N) is 1. The van der Waals surface area contributed by atoms with Gasteiger partial charge in [-0.15, -0.1) is 12.4 Å². The van der Waals surface area contributed by atoms with Crippen molar-refractivity contribution in [3.05, 3.63) is 70.8 Å². The second-order valence-corrected chi connectivity index (χ2v) is 6.09. The van der Waals surface area contributed by atoms with Crippen molar-refractivity contribution in [3.63, 3.8) is 0 Å². The third-order valence-corrected chi connectivity index (χ3v) is 4.95. The first-order valence-electron chi connectivity index (χ1n) is 7.42. The van der Waals surface area contributed by atoms with Gasteiger partial charge in [0.1, 0.15) is 0 Å². The van der Waals surface area contributed by atoms with Gasteiger partial charge < -0.3 is 5.73 Å². The van der Waals surface area contributed by atoms with Gasteiger partial charge in [0.05, 0.1) is 0 Å². The molecular weight excluding hydrogens is 278 g/mol. The topological polar surface area (TPSA) is 26.0 Å². The summed E-state index contributed by atoms with van der Waals surface area (Å²) in [7, 11) is 0. The average molecular weight is 298 g/mol. The number of benzene rings is 2. The summed E-state index contributed by atoms with van der Waals surface area (Å²) in [5.41, 5.74) is 12.0. The van der Waals surface area contributed by atoms with E-state index >= 15 is 0 Å². The molecule has 108 valence electrons. The van der Waals surface area contributed by atoms with Crippen molar-refractivity contribution in [3.8, 4) is 0 Å². The highest BCUT2D eigenvalue weighted by molar-refractivity contribution is 5.85. The van der Waals surface area contributed by atoms with Crippen LogP contribution in [0.1, 0.15) is 41.5 Å². The first kappa shape index (κ1) is 14.4. The van der Waals surface area contributed by atoms with Crippen LogP contribution in [0.15, 0.2) is 48.5 Å². The molecule has 0 bridgehead atoms. The van der Waals surface area contributed by atoms with Gasteiger partial charge in [-0.25, -0.2) is 0 Å². The predicted octanol–water partition coefficient (Wildman–Crippen LogP) is 4.39. The normalized spacial score (nSPS) is 21.3. The van der Waals surface area contributed by atoms with Crippen LogP contribution in [0.25, 0.3) is 12.2 Å². The number of rotatable bonds is 0. The van der Waals surface area contributed by atoms with Gasteiger partial charge in [-0.1, -0.05) is 60.7 Å². The van der Waals surface area contributed by atoms with Crippen molar-refractivity contribution in [1.82, 2.24) is 0 Å². The van der Waals surface area contributed by atoms with E-state index in [0.717, 1.165) is 19.3 Å². The Balaban J connectivity index is 0.00000132. The van der Waals surface area contributed by atoms with Crippen LogP contribution < -0.4 is 5.73 Å². The molecule has 2 aromatic rings. The lowest BCUT2D eigenvalue weighted by Gasteiger charge is -2.32. The molecule has 1 atom stereocenters. The molecule has 0 amide bonds. The molecule has 0 heterocycles. The average Bonchev–Trinajstić information content (AvgIpc) is 2.82. The molecule has 2 N–H and O–H groups in total. The highest BCUT2D eigenvalue weighted by atomic mass is 35.5. The molecule has 1 nitrogen and oxygen atoms in total. The number of fused-ring (bicyclic) bond motifs is 4. The Labute approximate surface area is 132 Å². The van der Waals surface area contributed by atoms with Crippen molar-refractivity contribution in [2.45, 2.75) is 30.7 Å². The number of hydrogen-bond donors (Lipinski definition) is 1. The molecule has 4 rings (SSSR count). The van der Waals surface area contributed by atoms with Gasteiger partial charge in [-0.2, -0.15) is 0 Å². The molecule has 1 fully saturated rings. The molecule has 0 radical (unpaired) electrons. The van der Waals surface area contributed by atoms with Crippen LogP contribution in [0, 0.1) is 0 Å². The van der Waals surface area contributed by atoms with E-state index in [2.05, 4.69) is 60.7 Å².